The second-order valence-corrected chi connectivity index (χ2v) is 6.35. The summed E-state index contributed by atoms with van der Waals surface area (Å²) in [6, 6.07) is 4.42. The van der Waals surface area contributed by atoms with Crippen LogP contribution >= 0.6 is 0 Å². The average molecular weight is 285 g/mol. The fourth-order valence-electron chi connectivity index (χ4n) is 3.43. The molecule has 112 valence electrons. The highest BCUT2D eigenvalue weighted by molar-refractivity contribution is 6.06. The topological polar surface area (TPSA) is 80.0 Å². The van der Waals surface area contributed by atoms with Crippen molar-refractivity contribution in [1.82, 2.24) is 0 Å². The number of anilines is 1. The van der Waals surface area contributed by atoms with Crippen molar-refractivity contribution in [3.8, 4) is 0 Å². The fourth-order valence-corrected chi connectivity index (χ4v) is 3.43. The first-order valence-corrected chi connectivity index (χ1v) is 7.51. The predicted octanol–water partition coefficient (Wildman–Crippen LogP) is 2.06. The molecule has 0 amide bonds. The maximum atomic E-state index is 6.19. The predicted molar refractivity (Wildman–Crippen MR) is 87.6 cm³/mol. The normalized spacial score (nSPS) is 20.6. The lowest BCUT2D eigenvalue weighted by Gasteiger charge is -2.41. The van der Waals surface area contributed by atoms with E-state index in [0.29, 0.717) is 5.96 Å². The molecule has 5 heteroatoms. The summed E-state index contributed by atoms with van der Waals surface area (Å²) in [7, 11) is 0. The van der Waals surface area contributed by atoms with E-state index >= 15 is 0 Å². The lowest BCUT2D eigenvalue weighted by Crippen LogP contribution is -2.55. The van der Waals surface area contributed by atoms with Crippen LogP contribution in [0.1, 0.15) is 43.4 Å². The molecule has 21 heavy (non-hydrogen) atoms. The number of aliphatic imine (C=N–C) groups is 2. The lowest BCUT2D eigenvalue weighted by molar-refractivity contribution is 0.530. The molecule has 5 nitrogen and oxygen atoms in total. The first-order chi connectivity index (χ1) is 9.90. The Hall–Kier alpha value is -2.04. The van der Waals surface area contributed by atoms with E-state index in [1.165, 1.54) is 29.5 Å². The van der Waals surface area contributed by atoms with Crippen molar-refractivity contribution < 1.29 is 0 Å². The van der Waals surface area contributed by atoms with Gasteiger partial charge in [0.15, 0.2) is 0 Å². The molecule has 2 aliphatic rings. The van der Waals surface area contributed by atoms with Crippen molar-refractivity contribution in [3.05, 3.63) is 28.8 Å². The van der Waals surface area contributed by atoms with Crippen LogP contribution in [0.3, 0.4) is 0 Å². The first kappa shape index (κ1) is 13.9. The number of benzene rings is 1. The average Bonchev–Trinajstić information content (AvgIpc) is 2.39. The molecule has 0 bridgehead atoms. The highest BCUT2D eigenvalue weighted by Crippen LogP contribution is 2.37. The maximum absolute atomic E-state index is 6.19. The molecule has 0 atom stereocenters. The SMILES string of the molecule is Cc1ccc2c(c1N1C(N)=NC(N)=NC1(C)C)CCCC2. The zero-order valence-electron chi connectivity index (χ0n) is 13.0. The van der Waals surface area contributed by atoms with Crippen LogP contribution in [0.4, 0.5) is 5.69 Å². The highest BCUT2D eigenvalue weighted by Gasteiger charge is 2.35. The quantitative estimate of drug-likeness (QED) is 0.829. The van der Waals surface area contributed by atoms with Gasteiger partial charge in [0.05, 0.1) is 5.69 Å². The largest absolute Gasteiger partial charge is 0.369 e. The Bertz CT molecular complexity index is 642. The summed E-state index contributed by atoms with van der Waals surface area (Å²) in [5.41, 5.74) is 16.6. The summed E-state index contributed by atoms with van der Waals surface area (Å²) in [6.45, 7) is 6.15. The van der Waals surface area contributed by atoms with Crippen LogP contribution in [0, 0.1) is 6.92 Å². The van der Waals surface area contributed by atoms with Gasteiger partial charge in [0.25, 0.3) is 0 Å². The summed E-state index contributed by atoms with van der Waals surface area (Å²) < 4.78 is 0. The number of nitrogens with zero attached hydrogens (tertiary/aromatic N) is 3. The molecule has 1 heterocycles. The van der Waals surface area contributed by atoms with Crippen molar-refractivity contribution in [2.24, 2.45) is 21.5 Å². The van der Waals surface area contributed by atoms with Gasteiger partial charge in [0.1, 0.15) is 5.66 Å². The summed E-state index contributed by atoms with van der Waals surface area (Å²) in [5.74, 6) is 0.672. The van der Waals surface area contributed by atoms with E-state index in [2.05, 4.69) is 29.0 Å². The van der Waals surface area contributed by atoms with Gasteiger partial charge in [-0.3, -0.25) is 4.90 Å². The number of hydrogen-bond acceptors (Lipinski definition) is 5. The minimum atomic E-state index is -0.521. The van der Waals surface area contributed by atoms with E-state index in [9.17, 15) is 0 Å². The van der Waals surface area contributed by atoms with E-state index in [4.69, 9.17) is 11.5 Å². The zero-order chi connectivity index (χ0) is 15.2. The third-order valence-corrected chi connectivity index (χ3v) is 4.32. The molecule has 0 spiro atoms. The maximum Gasteiger partial charge on any atom is 0.220 e. The molecule has 0 aromatic heterocycles. The Balaban J connectivity index is 2.19. The third kappa shape index (κ3) is 2.26. The summed E-state index contributed by atoms with van der Waals surface area (Å²) >= 11 is 0. The van der Waals surface area contributed by atoms with E-state index in [1.807, 2.05) is 18.7 Å². The number of fused-ring (bicyclic) bond motifs is 1. The minimum absolute atomic E-state index is 0.246. The summed E-state index contributed by atoms with van der Waals surface area (Å²) in [4.78, 5) is 10.7. The van der Waals surface area contributed by atoms with Crippen molar-refractivity contribution in [2.45, 2.75) is 52.1 Å². The first-order valence-electron chi connectivity index (χ1n) is 7.51. The van der Waals surface area contributed by atoms with Crippen LogP contribution in [-0.2, 0) is 12.8 Å². The van der Waals surface area contributed by atoms with Gasteiger partial charge in [-0.05, 0) is 63.1 Å². The molecular formula is C16H23N5. The molecule has 1 aliphatic heterocycles. The van der Waals surface area contributed by atoms with Gasteiger partial charge in [-0.15, -0.1) is 0 Å². The summed E-state index contributed by atoms with van der Waals surface area (Å²) in [5, 5.41) is 0. The minimum Gasteiger partial charge on any atom is -0.369 e. The van der Waals surface area contributed by atoms with Crippen LogP contribution in [0.5, 0.6) is 0 Å². The van der Waals surface area contributed by atoms with Gasteiger partial charge in [0.2, 0.25) is 11.9 Å². The summed E-state index contributed by atoms with van der Waals surface area (Å²) in [6.07, 6.45) is 4.71. The lowest BCUT2D eigenvalue weighted by atomic mass is 9.87. The van der Waals surface area contributed by atoms with E-state index in [1.54, 1.807) is 0 Å². The molecule has 4 N–H and O–H groups in total. The van der Waals surface area contributed by atoms with Crippen molar-refractivity contribution in [1.29, 1.82) is 0 Å². The van der Waals surface area contributed by atoms with Crippen LogP contribution < -0.4 is 16.4 Å². The fraction of sp³-hybridized carbons (Fsp3) is 0.500. The Morgan fingerprint density at radius 3 is 2.57 bits per heavy atom. The van der Waals surface area contributed by atoms with Crippen molar-refractivity contribution in [3.63, 3.8) is 0 Å². The number of aryl methyl sites for hydroxylation is 2. The van der Waals surface area contributed by atoms with Crippen molar-refractivity contribution in [2.75, 3.05) is 4.90 Å². The van der Waals surface area contributed by atoms with E-state index < -0.39 is 5.66 Å². The van der Waals surface area contributed by atoms with Gasteiger partial charge in [0, 0.05) is 0 Å². The molecule has 0 saturated carbocycles. The molecule has 3 rings (SSSR count). The number of hydrogen-bond donors (Lipinski definition) is 2. The number of guanidine groups is 2. The van der Waals surface area contributed by atoms with E-state index in [-0.39, 0.29) is 5.96 Å². The molecule has 1 aliphatic carbocycles. The third-order valence-electron chi connectivity index (χ3n) is 4.32. The zero-order valence-corrected chi connectivity index (χ0v) is 13.0. The second kappa shape index (κ2) is 4.76. The Kier molecular flexibility index (Phi) is 3.15. The number of rotatable bonds is 1. The highest BCUT2D eigenvalue weighted by atomic mass is 15.4. The Morgan fingerprint density at radius 2 is 1.86 bits per heavy atom. The van der Waals surface area contributed by atoms with Crippen LogP contribution in [0.2, 0.25) is 0 Å². The Labute approximate surface area is 125 Å². The molecule has 0 saturated heterocycles. The molecule has 0 fully saturated rings. The van der Waals surface area contributed by atoms with E-state index in [0.717, 1.165) is 18.5 Å². The molecular weight excluding hydrogens is 262 g/mol. The van der Waals surface area contributed by atoms with Gasteiger partial charge in [-0.25, -0.2) is 4.99 Å². The standard InChI is InChI=1S/C16H23N5/c1-10-8-9-11-6-4-5-7-12(11)13(10)21-15(18)19-14(17)20-16(21,2)3/h8-9H,4-7H2,1-3H3,(H4,17,18,19,20). The van der Waals surface area contributed by atoms with Gasteiger partial charge in [-0.2, -0.15) is 4.99 Å². The second-order valence-electron chi connectivity index (χ2n) is 6.35. The van der Waals surface area contributed by atoms with Crippen LogP contribution in [0.25, 0.3) is 0 Å². The molecule has 0 unspecified atom stereocenters. The van der Waals surface area contributed by atoms with Crippen LogP contribution in [0.15, 0.2) is 22.1 Å². The van der Waals surface area contributed by atoms with Crippen molar-refractivity contribution >= 4 is 17.6 Å². The molecule has 1 aromatic rings. The van der Waals surface area contributed by atoms with Crippen LogP contribution in [-0.4, -0.2) is 17.6 Å². The monoisotopic (exact) mass is 285 g/mol. The van der Waals surface area contributed by atoms with Gasteiger partial charge < -0.3 is 11.5 Å². The molecule has 1 aromatic carbocycles. The van der Waals surface area contributed by atoms with Gasteiger partial charge in [-0.1, -0.05) is 12.1 Å². The number of nitrogens with two attached hydrogens (primary N) is 2. The Morgan fingerprint density at radius 1 is 1.14 bits per heavy atom. The van der Waals surface area contributed by atoms with Gasteiger partial charge >= 0.3 is 0 Å². The smallest absolute Gasteiger partial charge is 0.220 e. The molecule has 0 radical (unpaired) electrons.